The Balaban J connectivity index is 0.00000149. The molecule has 0 bridgehead atoms. The Labute approximate surface area is 201 Å². The average Bonchev–Trinajstić information content (AvgIpc) is 3.17. The Morgan fingerprint density at radius 1 is 1.15 bits per heavy atom. The Morgan fingerprint density at radius 2 is 1.85 bits per heavy atom. The van der Waals surface area contributed by atoms with Gasteiger partial charge in [-0.3, -0.25) is 14.6 Å². The summed E-state index contributed by atoms with van der Waals surface area (Å²) in [5.74, 6) is -1.21. The fourth-order valence-corrected chi connectivity index (χ4v) is 5.88. The van der Waals surface area contributed by atoms with Gasteiger partial charge in [0, 0.05) is 68.4 Å². The van der Waals surface area contributed by atoms with Crippen molar-refractivity contribution < 1.29 is 13.6 Å². The minimum Gasteiger partial charge on any atom is -0.372 e. The molecule has 1 aliphatic carbocycles. The maximum atomic E-state index is 13.8. The first-order valence-corrected chi connectivity index (χ1v) is 13.1. The third-order valence-electron chi connectivity index (χ3n) is 6.64. The highest BCUT2D eigenvalue weighted by molar-refractivity contribution is 8.04. The van der Waals surface area contributed by atoms with Crippen LogP contribution in [0.25, 0.3) is 0 Å². The van der Waals surface area contributed by atoms with E-state index in [0.29, 0.717) is 6.54 Å². The average molecular weight is 481 g/mol. The van der Waals surface area contributed by atoms with Crippen LogP contribution in [0.3, 0.4) is 0 Å². The second-order valence-corrected chi connectivity index (χ2v) is 10.1. The summed E-state index contributed by atoms with van der Waals surface area (Å²) in [6.45, 7) is 14.6. The van der Waals surface area contributed by atoms with E-state index in [4.69, 9.17) is 0 Å². The maximum Gasteiger partial charge on any atom is 0.236 e. The lowest BCUT2D eigenvalue weighted by Gasteiger charge is -2.43. The number of piperazine rings is 1. The first-order chi connectivity index (χ1) is 15.9. The van der Waals surface area contributed by atoms with Crippen molar-refractivity contribution in [2.45, 2.75) is 57.9 Å². The Kier molecular flexibility index (Phi) is 9.58. The highest BCUT2D eigenvalue weighted by Crippen LogP contribution is 2.38. The summed E-state index contributed by atoms with van der Waals surface area (Å²) in [6, 6.07) is 0.752. The maximum absolute atomic E-state index is 13.8. The highest BCUT2D eigenvalue weighted by atomic mass is 32.2. The predicted molar refractivity (Wildman–Crippen MR) is 133 cm³/mol. The molecule has 1 atom stereocenters. The number of allylic oxidation sites excluding steroid dienone is 4. The van der Waals surface area contributed by atoms with Crippen LogP contribution in [0.15, 0.2) is 46.6 Å². The molecular weight excluding hydrogens is 442 g/mol. The summed E-state index contributed by atoms with van der Waals surface area (Å²) in [5.41, 5.74) is 1.97. The van der Waals surface area contributed by atoms with Gasteiger partial charge in [-0.2, -0.15) is 0 Å². The third-order valence-corrected chi connectivity index (χ3v) is 8.02. The molecule has 0 spiro atoms. The van der Waals surface area contributed by atoms with Crippen molar-refractivity contribution in [3.63, 3.8) is 0 Å². The molecule has 0 aromatic carbocycles. The third kappa shape index (κ3) is 6.93. The van der Waals surface area contributed by atoms with E-state index in [9.17, 15) is 13.6 Å². The van der Waals surface area contributed by atoms with Crippen LogP contribution in [0.4, 0.5) is 8.78 Å². The molecule has 33 heavy (non-hydrogen) atoms. The van der Waals surface area contributed by atoms with Gasteiger partial charge in [0.15, 0.2) is 0 Å². The number of thioether (sulfide) groups is 1. The van der Waals surface area contributed by atoms with Gasteiger partial charge < -0.3 is 10.2 Å². The van der Waals surface area contributed by atoms with E-state index in [1.807, 2.05) is 25.7 Å². The molecule has 2 fully saturated rings. The molecule has 3 heterocycles. The predicted octanol–water partition coefficient (Wildman–Crippen LogP) is 4.57. The number of carbonyl (C=O) groups is 1. The largest absolute Gasteiger partial charge is 0.372 e. The number of hydrogen-bond acceptors (Lipinski definition) is 5. The van der Waals surface area contributed by atoms with E-state index in [2.05, 4.69) is 21.7 Å². The van der Waals surface area contributed by atoms with Crippen LogP contribution in [0, 0.1) is 0 Å². The molecule has 4 aliphatic rings. The lowest BCUT2D eigenvalue weighted by molar-refractivity contribution is -0.134. The zero-order valence-electron chi connectivity index (χ0n) is 20.2. The normalized spacial score (nSPS) is 25.1. The zero-order chi connectivity index (χ0) is 24.0. The standard InChI is InChI=1S/C23H32F2N4OS.C2H6/c1-16(12-18(25)13-17(2)24)23-26-20-6-7-27(14-21(20)31-23)15-22(30)29-10-8-28(9-11-29)19-4-3-5-19;1-2/h12-13,19,23,26H,2-11,14-15H2,1H3;1-2H3/b16-12+,18-13+;. The van der Waals surface area contributed by atoms with Crippen LogP contribution in [0.1, 0.15) is 46.5 Å². The molecule has 8 heteroatoms. The Morgan fingerprint density at radius 3 is 2.45 bits per heavy atom. The van der Waals surface area contributed by atoms with Crippen molar-refractivity contribution in [3.8, 4) is 0 Å². The first-order valence-electron chi connectivity index (χ1n) is 12.2. The minimum absolute atomic E-state index is 0.0627. The minimum atomic E-state index is -0.796. The number of halogens is 2. The molecule has 1 saturated carbocycles. The number of nitrogens with zero attached hydrogens (tertiary/aromatic N) is 3. The molecule has 1 N–H and O–H groups in total. The summed E-state index contributed by atoms with van der Waals surface area (Å²) < 4.78 is 26.6. The van der Waals surface area contributed by atoms with E-state index in [1.54, 1.807) is 11.8 Å². The zero-order valence-corrected chi connectivity index (χ0v) is 21.0. The molecule has 184 valence electrons. The van der Waals surface area contributed by atoms with Gasteiger partial charge in [-0.25, -0.2) is 8.78 Å². The van der Waals surface area contributed by atoms with Crippen LogP contribution in [0.5, 0.6) is 0 Å². The Bertz CT molecular complexity index is 813. The van der Waals surface area contributed by atoms with Crippen molar-refractivity contribution in [2.75, 3.05) is 45.8 Å². The lowest BCUT2D eigenvalue weighted by Crippen LogP contribution is -2.55. The van der Waals surface area contributed by atoms with E-state index in [0.717, 1.165) is 63.4 Å². The van der Waals surface area contributed by atoms with Gasteiger partial charge in [0.2, 0.25) is 5.91 Å². The van der Waals surface area contributed by atoms with Crippen molar-refractivity contribution in [1.82, 2.24) is 20.0 Å². The summed E-state index contributed by atoms with van der Waals surface area (Å²) in [7, 11) is 0. The van der Waals surface area contributed by atoms with Crippen molar-refractivity contribution >= 4 is 17.7 Å². The molecule has 1 amide bonds. The van der Waals surface area contributed by atoms with Crippen LogP contribution in [-0.2, 0) is 4.79 Å². The van der Waals surface area contributed by atoms with Crippen molar-refractivity contribution in [2.24, 2.45) is 0 Å². The molecule has 1 saturated heterocycles. The molecule has 3 aliphatic heterocycles. The molecule has 1 unspecified atom stereocenters. The number of rotatable bonds is 6. The highest BCUT2D eigenvalue weighted by Gasteiger charge is 2.33. The molecule has 0 aromatic rings. The van der Waals surface area contributed by atoms with Crippen LogP contribution < -0.4 is 5.32 Å². The summed E-state index contributed by atoms with van der Waals surface area (Å²) in [6.07, 6.45) is 6.96. The second-order valence-electron chi connectivity index (χ2n) is 8.87. The van der Waals surface area contributed by atoms with E-state index < -0.39 is 11.7 Å². The van der Waals surface area contributed by atoms with E-state index in [1.165, 1.54) is 35.9 Å². The second kappa shape index (κ2) is 12.2. The fourth-order valence-electron chi connectivity index (χ4n) is 4.58. The van der Waals surface area contributed by atoms with E-state index >= 15 is 0 Å². The molecule has 0 aromatic heterocycles. The smallest absolute Gasteiger partial charge is 0.236 e. The molecule has 5 nitrogen and oxygen atoms in total. The Hall–Kier alpha value is -1.64. The molecule has 0 radical (unpaired) electrons. The van der Waals surface area contributed by atoms with Gasteiger partial charge in [0.1, 0.15) is 11.7 Å². The van der Waals surface area contributed by atoms with Gasteiger partial charge >= 0.3 is 0 Å². The molecule has 4 rings (SSSR count). The van der Waals surface area contributed by atoms with Crippen LogP contribution >= 0.6 is 11.8 Å². The van der Waals surface area contributed by atoms with Gasteiger partial charge in [-0.15, -0.1) is 0 Å². The topological polar surface area (TPSA) is 38.8 Å². The van der Waals surface area contributed by atoms with E-state index in [-0.39, 0.29) is 11.3 Å². The number of carbonyl (C=O) groups excluding carboxylic acids is 1. The van der Waals surface area contributed by atoms with Gasteiger partial charge in [-0.05, 0) is 31.4 Å². The van der Waals surface area contributed by atoms with Crippen molar-refractivity contribution in [3.05, 3.63) is 46.6 Å². The monoisotopic (exact) mass is 480 g/mol. The number of amides is 1. The lowest BCUT2D eigenvalue weighted by atomic mass is 9.91. The first kappa shape index (κ1) is 26.0. The molecular formula is C25H38F2N4OS. The van der Waals surface area contributed by atoms with Gasteiger partial charge in [-0.1, -0.05) is 38.6 Å². The van der Waals surface area contributed by atoms with Crippen molar-refractivity contribution in [1.29, 1.82) is 0 Å². The van der Waals surface area contributed by atoms with Crippen LogP contribution in [-0.4, -0.2) is 77.8 Å². The quantitative estimate of drug-likeness (QED) is 0.564. The summed E-state index contributed by atoms with van der Waals surface area (Å²) >= 11 is 1.66. The summed E-state index contributed by atoms with van der Waals surface area (Å²) in [4.78, 5) is 20.8. The SMILES string of the molecule is C=C(F)/C=C(F)\C=C(/C)C1NC2=C(CN(CC(=O)N3CCN(C4CCC4)CC3)CC2)S1.CC. The van der Waals surface area contributed by atoms with Gasteiger partial charge in [0.25, 0.3) is 0 Å². The van der Waals surface area contributed by atoms with Crippen LogP contribution in [0.2, 0.25) is 0 Å². The van der Waals surface area contributed by atoms with Gasteiger partial charge in [0.05, 0.1) is 11.9 Å². The number of hydrogen-bond donors (Lipinski definition) is 1. The fraction of sp³-hybridized carbons (Fsp3) is 0.640. The summed E-state index contributed by atoms with van der Waals surface area (Å²) in [5, 5.41) is 3.39. The number of nitrogens with one attached hydrogen (secondary N) is 1.